The molecule has 8 heteroatoms. The Labute approximate surface area is 148 Å². The lowest BCUT2D eigenvalue weighted by molar-refractivity contribution is 0.0950. The van der Waals surface area contributed by atoms with Gasteiger partial charge in [0.05, 0.1) is 10.7 Å². The lowest BCUT2D eigenvalue weighted by atomic mass is 10.0. The van der Waals surface area contributed by atoms with Crippen LogP contribution in [-0.4, -0.2) is 17.1 Å². The van der Waals surface area contributed by atoms with Crippen molar-refractivity contribution in [2.75, 3.05) is 5.73 Å². The van der Waals surface area contributed by atoms with Gasteiger partial charge in [-0.05, 0) is 5.56 Å². The Hall–Kier alpha value is -1.82. The van der Waals surface area contributed by atoms with Crippen LogP contribution in [0, 0.1) is 0 Å². The van der Waals surface area contributed by atoms with Crippen LogP contribution in [0.5, 0.6) is 0 Å². The number of nitrogens with zero attached hydrogens (tertiary/aromatic N) is 2. The number of hydrazone groups is 1. The van der Waals surface area contributed by atoms with Gasteiger partial charge < -0.3 is 5.73 Å². The molecule has 0 aliphatic carbocycles. The molecule has 0 aliphatic rings. The van der Waals surface area contributed by atoms with E-state index in [9.17, 15) is 4.79 Å². The summed E-state index contributed by atoms with van der Waals surface area (Å²) < 4.78 is 0. The minimum Gasteiger partial charge on any atom is -0.396 e. The molecule has 120 valence electrons. The summed E-state index contributed by atoms with van der Waals surface area (Å²) >= 11 is 17.6. The standard InChI is InChI=1S/C15H13Cl3N4O/c1-8(9-5-3-2-4-6-9)7-20-22-15(23)13-10(16)12(19)11(17)14(18)21-13/h2-8H,1H3,(H2,19,21)(H,22,23)/b20-7+/t8-/m0/s1. The summed E-state index contributed by atoms with van der Waals surface area (Å²) in [6, 6.07) is 9.73. The second-order valence-electron chi connectivity index (χ2n) is 4.71. The van der Waals surface area contributed by atoms with Crippen molar-refractivity contribution in [2.45, 2.75) is 12.8 Å². The van der Waals surface area contributed by atoms with Gasteiger partial charge in [-0.3, -0.25) is 4.79 Å². The van der Waals surface area contributed by atoms with Crippen molar-refractivity contribution < 1.29 is 4.79 Å². The predicted octanol–water partition coefficient (Wildman–Crippen LogP) is 4.14. The second kappa shape index (κ2) is 7.64. The molecule has 1 atom stereocenters. The molecule has 23 heavy (non-hydrogen) atoms. The van der Waals surface area contributed by atoms with Crippen LogP contribution in [0.25, 0.3) is 0 Å². The van der Waals surface area contributed by atoms with Crippen molar-refractivity contribution in [1.29, 1.82) is 0 Å². The van der Waals surface area contributed by atoms with Crippen LogP contribution in [-0.2, 0) is 0 Å². The number of halogens is 3. The zero-order valence-corrected chi connectivity index (χ0v) is 14.3. The Kier molecular flexibility index (Phi) is 5.82. The van der Waals surface area contributed by atoms with E-state index in [1.54, 1.807) is 6.21 Å². The Balaban J connectivity index is 2.10. The van der Waals surface area contributed by atoms with Gasteiger partial charge in [0.15, 0.2) is 10.8 Å². The Bertz CT molecular complexity index is 750. The fourth-order valence-electron chi connectivity index (χ4n) is 1.79. The number of carbonyl (C=O) groups is 1. The smallest absolute Gasteiger partial charge is 0.291 e. The summed E-state index contributed by atoms with van der Waals surface area (Å²) in [5.74, 6) is -0.601. The van der Waals surface area contributed by atoms with Crippen LogP contribution >= 0.6 is 34.8 Å². The molecule has 0 aliphatic heterocycles. The molecule has 1 aromatic carbocycles. The highest BCUT2D eigenvalue weighted by Gasteiger charge is 2.19. The first kappa shape index (κ1) is 17.5. The molecule has 0 saturated carbocycles. The first-order valence-corrected chi connectivity index (χ1v) is 7.73. The molecule has 0 bridgehead atoms. The fourth-order valence-corrected chi connectivity index (χ4v) is 2.38. The number of benzene rings is 1. The third-order valence-corrected chi connectivity index (χ3v) is 4.21. The maximum Gasteiger partial charge on any atom is 0.291 e. The van der Waals surface area contributed by atoms with Crippen LogP contribution in [0.3, 0.4) is 0 Å². The minimum absolute atomic E-state index is 0.000108. The number of carbonyl (C=O) groups excluding carboxylic acids is 1. The van der Waals surface area contributed by atoms with Crippen LogP contribution in [0.15, 0.2) is 35.4 Å². The predicted molar refractivity (Wildman–Crippen MR) is 94.5 cm³/mol. The topological polar surface area (TPSA) is 80.4 Å². The number of aromatic nitrogens is 1. The van der Waals surface area contributed by atoms with E-state index in [1.165, 1.54) is 0 Å². The van der Waals surface area contributed by atoms with Gasteiger partial charge in [-0.1, -0.05) is 72.1 Å². The van der Waals surface area contributed by atoms with Crippen molar-refractivity contribution in [3.63, 3.8) is 0 Å². The SMILES string of the molecule is C[C@@H](/C=N/NC(=O)c1nc(Cl)c(Cl)c(N)c1Cl)c1ccccc1. The Morgan fingerprint density at radius 1 is 1.26 bits per heavy atom. The maximum absolute atomic E-state index is 12.1. The van der Waals surface area contributed by atoms with Crippen LogP contribution < -0.4 is 11.2 Å². The number of hydrogen-bond donors (Lipinski definition) is 2. The Morgan fingerprint density at radius 2 is 1.91 bits per heavy atom. The molecule has 0 saturated heterocycles. The van der Waals surface area contributed by atoms with Crippen molar-refractivity contribution in [1.82, 2.24) is 10.4 Å². The fraction of sp³-hybridized carbons (Fsp3) is 0.133. The molecule has 2 rings (SSSR count). The van der Waals surface area contributed by atoms with E-state index in [-0.39, 0.29) is 32.5 Å². The van der Waals surface area contributed by atoms with Gasteiger partial charge in [-0.2, -0.15) is 5.10 Å². The van der Waals surface area contributed by atoms with Gasteiger partial charge in [0.25, 0.3) is 5.91 Å². The highest BCUT2D eigenvalue weighted by atomic mass is 35.5. The number of anilines is 1. The normalized spacial score (nSPS) is 12.3. The molecule has 0 fully saturated rings. The molecule has 0 radical (unpaired) electrons. The molecule has 0 spiro atoms. The van der Waals surface area contributed by atoms with Gasteiger partial charge in [-0.25, -0.2) is 10.4 Å². The monoisotopic (exact) mass is 370 g/mol. The third kappa shape index (κ3) is 4.13. The number of nitrogen functional groups attached to an aromatic ring is 1. The molecular formula is C15H13Cl3N4O. The van der Waals surface area contributed by atoms with Gasteiger partial charge in [0, 0.05) is 12.1 Å². The van der Waals surface area contributed by atoms with Crippen molar-refractivity contribution in [3.8, 4) is 0 Å². The van der Waals surface area contributed by atoms with Crippen molar-refractivity contribution in [2.24, 2.45) is 5.10 Å². The van der Waals surface area contributed by atoms with E-state index in [2.05, 4.69) is 15.5 Å². The lowest BCUT2D eigenvalue weighted by Gasteiger charge is -2.08. The first-order valence-electron chi connectivity index (χ1n) is 6.60. The van der Waals surface area contributed by atoms with E-state index < -0.39 is 5.91 Å². The summed E-state index contributed by atoms with van der Waals surface area (Å²) in [4.78, 5) is 15.9. The van der Waals surface area contributed by atoms with Gasteiger partial charge in [0.1, 0.15) is 5.02 Å². The van der Waals surface area contributed by atoms with E-state index in [4.69, 9.17) is 40.5 Å². The molecule has 5 nitrogen and oxygen atoms in total. The average Bonchev–Trinajstić information content (AvgIpc) is 2.56. The number of pyridine rings is 1. The van der Waals surface area contributed by atoms with E-state index >= 15 is 0 Å². The molecule has 1 aromatic heterocycles. The average molecular weight is 372 g/mol. The van der Waals surface area contributed by atoms with Crippen LogP contribution in [0.1, 0.15) is 28.9 Å². The minimum atomic E-state index is -0.628. The Morgan fingerprint density at radius 3 is 2.57 bits per heavy atom. The summed E-state index contributed by atoms with van der Waals surface area (Å²) in [6.45, 7) is 1.95. The largest absolute Gasteiger partial charge is 0.396 e. The number of amides is 1. The van der Waals surface area contributed by atoms with E-state index in [0.29, 0.717) is 0 Å². The van der Waals surface area contributed by atoms with Gasteiger partial charge in [-0.15, -0.1) is 0 Å². The summed E-state index contributed by atoms with van der Waals surface area (Å²) in [7, 11) is 0. The molecule has 1 amide bonds. The quantitative estimate of drug-likeness (QED) is 0.481. The van der Waals surface area contributed by atoms with Crippen molar-refractivity contribution >= 4 is 52.6 Å². The zero-order valence-electron chi connectivity index (χ0n) is 12.1. The molecule has 0 unspecified atom stereocenters. The number of hydrogen-bond acceptors (Lipinski definition) is 4. The molecule has 3 N–H and O–H groups in total. The van der Waals surface area contributed by atoms with E-state index in [0.717, 1.165) is 5.56 Å². The zero-order chi connectivity index (χ0) is 17.0. The lowest BCUT2D eigenvalue weighted by Crippen LogP contribution is -2.20. The van der Waals surface area contributed by atoms with Gasteiger partial charge >= 0.3 is 0 Å². The maximum atomic E-state index is 12.1. The molecular weight excluding hydrogens is 359 g/mol. The summed E-state index contributed by atoms with van der Waals surface area (Å²) in [6.07, 6.45) is 1.60. The molecule has 1 heterocycles. The highest BCUT2D eigenvalue weighted by Crippen LogP contribution is 2.34. The second-order valence-corrected chi connectivity index (χ2v) is 5.83. The van der Waals surface area contributed by atoms with Crippen LogP contribution in [0.4, 0.5) is 5.69 Å². The van der Waals surface area contributed by atoms with Crippen LogP contribution in [0.2, 0.25) is 15.2 Å². The van der Waals surface area contributed by atoms with Gasteiger partial charge in [0.2, 0.25) is 0 Å². The number of rotatable bonds is 4. The van der Waals surface area contributed by atoms with E-state index in [1.807, 2.05) is 37.3 Å². The highest BCUT2D eigenvalue weighted by molar-refractivity contribution is 6.46. The first-order chi connectivity index (χ1) is 10.9. The summed E-state index contributed by atoms with van der Waals surface area (Å²) in [5.41, 5.74) is 8.94. The number of nitrogens with two attached hydrogens (primary N) is 1. The molecule has 2 aromatic rings. The number of nitrogens with one attached hydrogen (secondary N) is 1. The third-order valence-electron chi connectivity index (χ3n) is 3.08. The summed E-state index contributed by atoms with van der Waals surface area (Å²) in [5, 5.41) is 3.75. The van der Waals surface area contributed by atoms with Crippen molar-refractivity contribution in [3.05, 3.63) is 56.8 Å².